The first-order chi connectivity index (χ1) is 11.3. The lowest BCUT2D eigenvalue weighted by atomic mass is 10.2. The minimum atomic E-state index is -4.49. The third-order valence-corrected chi connectivity index (χ3v) is 4.12. The van der Waals surface area contributed by atoms with Gasteiger partial charge in [-0.2, -0.15) is 23.4 Å². The molecule has 24 heavy (non-hydrogen) atoms. The van der Waals surface area contributed by atoms with Crippen LogP contribution < -0.4 is 5.32 Å². The molecule has 3 rings (SSSR count). The Labute approximate surface area is 136 Å². The first-order valence-electron chi connectivity index (χ1n) is 7.79. The van der Waals surface area contributed by atoms with Crippen molar-refractivity contribution >= 4 is 11.7 Å². The predicted octanol–water partition coefficient (Wildman–Crippen LogP) is 2.55. The number of nitrogens with one attached hydrogen (secondary N) is 1. The number of alkyl halides is 3. The van der Waals surface area contributed by atoms with Gasteiger partial charge in [0.25, 0.3) is 0 Å². The number of nitrogens with zero attached hydrogens (tertiary/aromatic N) is 4. The molecule has 0 aliphatic heterocycles. The van der Waals surface area contributed by atoms with E-state index in [1.807, 2.05) is 13.8 Å². The Morgan fingerprint density at radius 3 is 2.67 bits per heavy atom. The lowest BCUT2D eigenvalue weighted by molar-refractivity contribution is -0.142. The second kappa shape index (κ2) is 5.95. The summed E-state index contributed by atoms with van der Waals surface area (Å²) in [6.45, 7) is 4.21. The summed E-state index contributed by atoms with van der Waals surface area (Å²) in [6.07, 6.45) is -2.98. The predicted molar refractivity (Wildman–Crippen MR) is 80.5 cm³/mol. The van der Waals surface area contributed by atoms with Gasteiger partial charge in [-0.25, -0.2) is 0 Å². The minimum absolute atomic E-state index is 0.224. The summed E-state index contributed by atoms with van der Waals surface area (Å²) in [5.41, 5.74) is 0.759. The Kier molecular flexibility index (Phi) is 4.10. The SMILES string of the molecule is CCn1nc(NC(=O)Cn2nc(C(F)(F)F)c3c2CCC3)cc1C. The quantitative estimate of drug-likeness (QED) is 0.929. The van der Waals surface area contributed by atoms with E-state index in [9.17, 15) is 18.0 Å². The van der Waals surface area contributed by atoms with Crippen LogP contribution in [0.2, 0.25) is 0 Å². The van der Waals surface area contributed by atoms with Gasteiger partial charge in [-0.05, 0) is 33.1 Å². The first-order valence-corrected chi connectivity index (χ1v) is 7.79. The van der Waals surface area contributed by atoms with Gasteiger partial charge >= 0.3 is 6.18 Å². The Hall–Kier alpha value is -2.32. The second-order valence-corrected chi connectivity index (χ2v) is 5.82. The van der Waals surface area contributed by atoms with Gasteiger partial charge in [0, 0.05) is 29.6 Å². The zero-order chi connectivity index (χ0) is 17.5. The number of amides is 1. The smallest absolute Gasteiger partial charge is 0.308 e. The van der Waals surface area contributed by atoms with Crippen molar-refractivity contribution in [3.05, 3.63) is 28.7 Å². The summed E-state index contributed by atoms with van der Waals surface area (Å²) < 4.78 is 42.0. The van der Waals surface area contributed by atoms with Crippen molar-refractivity contribution in [1.82, 2.24) is 19.6 Å². The molecule has 2 aromatic rings. The van der Waals surface area contributed by atoms with E-state index in [0.717, 1.165) is 5.69 Å². The van der Waals surface area contributed by atoms with Crippen LogP contribution in [0.15, 0.2) is 6.07 Å². The number of halogens is 3. The van der Waals surface area contributed by atoms with E-state index in [1.165, 1.54) is 4.68 Å². The molecule has 6 nitrogen and oxygen atoms in total. The molecule has 0 fully saturated rings. The normalized spacial score (nSPS) is 14.0. The van der Waals surface area contributed by atoms with Crippen LogP contribution in [0.3, 0.4) is 0 Å². The molecule has 0 unspecified atom stereocenters. The summed E-state index contributed by atoms with van der Waals surface area (Å²) in [5.74, 6) is -0.0547. The molecular weight excluding hydrogens is 323 g/mol. The van der Waals surface area contributed by atoms with Gasteiger partial charge in [0.1, 0.15) is 6.54 Å². The number of carbonyl (C=O) groups is 1. The molecule has 0 aromatic carbocycles. The molecular formula is C15H18F3N5O. The van der Waals surface area contributed by atoms with Crippen molar-refractivity contribution in [2.75, 3.05) is 5.32 Å². The van der Waals surface area contributed by atoms with Gasteiger partial charge < -0.3 is 5.32 Å². The highest BCUT2D eigenvalue weighted by Gasteiger charge is 2.40. The van der Waals surface area contributed by atoms with Crippen LogP contribution in [0.4, 0.5) is 19.0 Å². The van der Waals surface area contributed by atoms with Crippen molar-refractivity contribution in [2.45, 2.75) is 52.4 Å². The third kappa shape index (κ3) is 3.02. The molecule has 1 N–H and O–H groups in total. The van der Waals surface area contributed by atoms with Crippen LogP contribution in [-0.2, 0) is 36.9 Å². The molecule has 0 saturated carbocycles. The van der Waals surface area contributed by atoms with Gasteiger partial charge in [-0.3, -0.25) is 14.2 Å². The lowest BCUT2D eigenvalue weighted by Crippen LogP contribution is -2.21. The van der Waals surface area contributed by atoms with E-state index >= 15 is 0 Å². The number of aryl methyl sites for hydroxylation is 2. The number of aromatic nitrogens is 4. The van der Waals surface area contributed by atoms with Crippen LogP contribution in [0.25, 0.3) is 0 Å². The van der Waals surface area contributed by atoms with Crippen LogP contribution in [0.5, 0.6) is 0 Å². The van der Waals surface area contributed by atoms with Crippen LogP contribution >= 0.6 is 0 Å². The number of rotatable bonds is 4. The van der Waals surface area contributed by atoms with E-state index in [4.69, 9.17) is 0 Å². The topological polar surface area (TPSA) is 64.7 Å². The Morgan fingerprint density at radius 1 is 1.29 bits per heavy atom. The maximum absolute atomic E-state index is 13.0. The number of carbonyl (C=O) groups excluding carboxylic acids is 1. The van der Waals surface area contributed by atoms with Crippen LogP contribution in [-0.4, -0.2) is 25.5 Å². The van der Waals surface area contributed by atoms with Crippen molar-refractivity contribution in [3.63, 3.8) is 0 Å². The number of anilines is 1. The fourth-order valence-corrected chi connectivity index (χ4v) is 3.08. The second-order valence-electron chi connectivity index (χ2n) is 5.82. The highest BCUT2D eigenvalue weighted by atomic mass is 19.4. The molecule has 0 atom stereocenters. The van der Waals surface area contributed by atoms with Crippen molar-refractivity contribution in [3.8, 4) is 0 Å². The van der Waals surface area contributed by atoms with Gasteiger partial charge in [-0.1, -0.05) is 0 Å². The summed E-state index contributed by atoms with van der Waals surface area (Å²) in [4.78, 5) is 12.1. The monoisotopic (exact) mass is 341 g/mol. The maximum atomic E-state index is 13.0. The average Bonchev–Trinajstić information content (AvgIpc) is 3.14. The van der Waals surface area contributed by atoms with Gasteiger partial charge in [-0.15, -0.1) is 0 Å². The molecule has 0 spiro atoms. The molecule has 0 bridgehead atoms. The fraction of sp³-hybridized carbons (Fsp3) is 0.533. The van der Waals surface area contributed by atoms with E-state index in [0.29, 0.717) is 37.3 Å². The zero-order valence-corrected chi connectivity index (χ0v) is 13.4. The summed E-state index contributed by atoms with van der Waals surface area (Å²) in [5, 5.41) is 10.4. The van der Waals surface area contributed by atoms with E-state index in [1.54, 1.807) is 10.7 Å². The third-order valence-electron chi connectivity index (χ3n) is 4.12. The lowest BCUT2D eigenvalue weighted by Gasteiger charge is -2.06. The van der Waals surface area contributed by atoms with E-state index < -0.39 is 17.8 Å². The standard InChI is InChI=1S/C15H18F3N5O/c1-3-22-9(2)7-12(20-22)19-13(24)8-23-11-6-4-5-10(11)14(21-23)15(16,17)18/h7H,3-6,8H2,1-2H3,(H,19,20,24). The largest absolute Gasteiger partial charge is 0.435 e. The van der Waals surface area contributed by atoms with Gasteiger partial charge in [0.05, 0.1) is 0 Å². The molecule has 0 radical (unpaired) electrons. The Balaban J connectivity index is 1.77. The van der Waals surface area contributed by atoms with Crippen molar-refractivity contribution in [1.29, 1.82) is 0 Å². The summed E-state index contributed by atoms with van der Waals surface area (Å²) in [6, 6.07) is 1.72. The van der Waals surface area contributed by atoms with Crippen LogP contribution in [0.1, 0.15) is 36.0 Å². The highest BCUT2D eigenvalue weighted by molar-refractivity contribution is 5.89. The van der Waals surface area contributed by atoms with Gasteiger partial charge in [0.15, 0.2) is 11.5 Å². The van der Waals surface area contributed by atoms with Crippen molar-refractivity contribution < 1.29 is 18.0 Å². The zero-order valence-electron chi connectivity index (χ0n) is 13.4. The number of hydrogen-bond acceptors (Lipinski definition) is 3. The van der Waals surface area contributed by atoms with Crippen LogP contribution in [0, 0.1) is 6.92 Å². The minimum Gasteiger partial charge on any atom is -0.308 e. The molecule has 1 aliphatic rings. The van der Waals surface area contributed by atoms with E-state index in [2.05, 4.69) is 15.5 Å². The number of fused-ring (bicyclic) bond motifs is 1. The summed E-state index contributed by atoms with van der Waals surface area (Å²) in [7, 11) is 0. The molecule has 130 valence electrons. The first kappa shape index (κ1) is 16.5. The maximum Gasteiger partial charge on any atom is 0.435 e. The summed E-state index contributed by atoms with van der Waals surface area (Å²) >= 11 is 0. The Morgan fingerprint density at radius 2 is 2.04 bits per heavy atom. The van der Waals surface area contributed by atoms with Gasteiger partial charge in [0.2, 0.25) is 5.91 Å². The molecule has 2 aromatic heterocycles. The fourth-order valence-electron chi connectivity index (χ4n) is 3.08. The molecule has 0 saturated heterocycles. The average molecular weight is 341 g/mol. The number of hydrogen-bond donors (Lipinski definition) is 1. The molecule has 1 aliphatic carbocycles. The molecule has 1 amide bonds. The molecule has 2 heterocycles. The highest BCUT2D eigenvalue weighted by Crippen LogP contribution is 2.36. The van der Waals surface area contributed by atoms with E-state index in [-0.39, 0.29) is 12.1 Å². The Bertz CT molecular complexity index is 775. The van der Waals surface area contributed by atoms with Crippen molar-refractivity contribution in [2.24, 2.45) is 0 Å². The molecule has 9 heteroatoms.